The first kappa shape index (κ1) is 18.2. The largest absolute Gasteiger partial charge is 0.256 e. The molecule has 0 saturated heterocycles. The van der Waals surface area contributed by atoms with Gasteiger partial charge in [0.1, 0.15) is 0 Å². The van der Waals surface area contributed by atoms with Crippen molar-refractivity contribution < 1.29 is 0 Å². The lowest BCUT2D eigenvalue weighted by Gasteiger charge is -2.03. The maximum atomic E-state index is 4.55. The number of nitrogens with zero attached hydrogens (tertiary/aromatic N) is 1. The lowest BCUT2D eigenvalue weighted by molar-refractivity contribution is 0.607. The summed E-state index contributed by atoms with van der Waals surface area (Å²) < 4.78 is 0. The third-order valence-corrected chi connectivity index (χ3v) is 4.29. The van der Waals surface area contributed by atoms with Crippen LogP contribution in [0.4, 0.5) is 5.69 Å². The SMILES string of the molecule is C=Cc1ccc(C=Nc2ccc(CCCCCCCC)cc2)cc1. The topological polar surface area (TPSA) is 12.4 Å². The molecule has 1 heteroatoms. The van der Waals surface area contributed by atoms with Crippen LogP contribution >= 0.6 is 0 Å². The molecule has 0 aromatic heterocycles. The molecule has 0 aliphatic rings. The van der Waals surface area contributed by atoms with Crippen LogP contribution in [0, 0.1) is 0 Å². The van der Waals surface area contributed by atoms with Gasteiger partial charge in [0.2, 0.25) is 0 Å². The summed E-state index contributed by atoms with van der Waals surface area (Å²) in [7, 11) is 0. The summed E-state index contributed by atoms with van der Waals surface area (Å²) in [5.41, 5.74) is 4.66. The molecule has 0 unspecified atom stereocenters. The van der Waals surface area contributed by atoms with Gasteiger partial charge in [-0.05, 0) is 41.7 Å². The minimum atomic E-state index is 1.01. The Kier molecular flexibility index (Phi) is 8.03. The van der Waals surface area contributed by atoms with Gasteiger partial charge in [-0.3, -0.25) is 4.99 Å². The molecule has 1 nitrogen and oxygen atoms in total. The summed E-state index contributed by atoms with van der Waals surface area (Å²) >= 11 is 0. The van der Waals surface area contributed by atoms with Gasteiger partial charge in [-0.2, -0.15) is 0 Å². The van der Waals surface area contributed by atoms with Crippen molar-refractivity contribution in [3.05, 3.63) is 71.8 Å². The van der Waals surface area contributed by atoms with Gasteiger partial charge < -0.3 is 0 Å². The van der Waals surface area contributed by atoms with Crippen molar-refractivity contribution in [1.29, 1.82) is 0 Å². The second-order valence-electron chi connectivity index (χ2n) is 6.31. The first-order chi connectivity index (χ1) is 11.8. The van der Waals surface area contributed by atoms with Gasteiger partial charge in [0.25, 0.3) is 0 Å². The predicted molar refractivity (Wildman–Crippen MR) is 107 cm³/mol. The highest BCUT2D eigenvalue weighted by Gasteiger charge is 1.95. The molecule has 0 fully saturated rings. The van der Waals surface area contributed by atoms with Crippen LogP contribution in [0.5, 0.6) is 0 Å². The monoisotopic (exact) mass is 319 g/mol. The standard InChI is InChI=1S/C23H29N/c1-3-5-6-7-8-9-10-21-15-17-23(18-16-21)24-19-22-13-11-20(4-2)12-14-22/h4,11-19H,2-3,5-10H2,1H3. The van der Waals surface area contributed by atoms with Crippen molar-refractivity contribution in [2.75, 3.05) is 0 Å². The minimum Gasteiger partial charge on any atom is -0.256 e. The van der Waals surface area contributed by atoms with Gasteiger partial charge in [-0.1, -0.05) is 88.1 Å². The van der Waals surface area contributed by atoms with E-state index in [1.165, 1.54) is 50.5 Å². The number of benzene rings is 2. The van der Waals surface area contributed by atoms with Gasteiger partial charge in [-0.25, -0.2) is 0 Å². The molecule has 0 aliphatic heterocycles. The third-order valence-electron chi connectivity index (χ3n) is 4.29. The minimum absolute atomic E-state index is 1.01. The van der Waals surface area contributed by atoms with Crippen molar-refractivity contribution >= 4 is 18.0 Å². The Bertz CT molecular complexity index is 620. The Balaban J connectivity index is 1.78. The van der Waals surface area contributed by atoms with Crippen molar-refractivity contribution in [3.63, 3.8) is 0 Å². The molecule has 24 heavy (non-hydrogen) atoms. The number of hydrogen-bond acceptors (Lipinski definition) is 1. The quantitative estimate of drug-likeness (QED) is 0.331. The Morgan fingerprint density at radius 1 is 0.792 bits per heavy atom. The van der Waals surface area contributed by atoms with Crippen molar-refractivity contribution in [2.24, 2.45) is 4.99 Å². The molecule has 0 atom stereocenters. The molecule has 0 amide bonds. The zero-order valence-electron chi connectivity index (χ0n) is 14.9. The number of rotatable bonds is 10. The first-order valence-corrected chi connectivity index (χ1v) is 9.17. The van der Waals surface area contributed by atoms with Crippen LogP contribution in [-0.4, -0.2) is 6.21 Å². The average Bonchev–Trinajstić information content (AvgIpc) is 2.64. The van der Waals surface area contributed by atoms with Gasteiger partial charge in [0.05, 0.1) is 5.69 Å². The highest BCUT2D eigenvalue weighted by Crippen LogP contribution is 2.16. The van der Waals surface area contributed by atoms with Crippen molar-refractivity contribution in [1.82, 2.24) is 0 Å². The molecule has 0 bridgehead atoms. The van der Waals surface area contributed by atoms with Crippen LogP contribution in [0.3, 0.4) is 0 Å². The van der Waals surface area contributed by atoms with E-state index in [0.29, 0.717) is 0 Å². The average molecular weight is 319 g/mol. The number of unbranched alkanes of at least 4 members (excludes halogenated alkanes) is 5. The smallest absolute Gasteiger partial charge is 0.0630 e. The highest BCUT2D eigenvalue weighted by molar-refractivity contribution is 5.82. The van der Waals surface area contributed by atoms with Crippen molar-refractivity contribution in [2.45, 2.75) is 51.9 Å². The molecular formula is C23H29N. The molecule has 126 valence electrons. The summed E-state index contributed by atoms with van der Waals surface area (Å²) in [4.78, 5) is 4.55. The fourth-order valence-electron chi connectivity index (χ4n) is 2.73. The second kappa shape index (κ2) is 10.6. The Hall–Kier alpha value is -2.15. The van der Waals surface area contributed by atoms with E-state index >= 15 is 0 Å². The Labute approximate surface area is 147 Å². The van der Waals surface area contributed by atoms with Gasteiger partial charge in [0.15, 0.2) is 0 Å². The second-order valence-corrected chi connectivity index (χ2v) is 6.31. The van der Waals surface area contributed by atoms with Gasteiger partial charge in [-0.15, -0.1) is 0 Å². The molecule has 0 aliphatic carbocycles. The highest BCUT2D eigenvalue weighted by atomic mass is 14.7. The summed E-state index contributed by atoms with van der Waals surface area (Å²) in [5.74, 6) is 0. The number of aryl methyl sites for hydroxylation is 1. The van der Waals surface area contributed by atoms with Crippen LogP contribution < -0.4 is 0 Å². The fraction of sp³-hybridized carbons (Fsp3) is 0.348. The molecule has 2 rings (SSSR count). The summed E-state index contributed by atoms with van der Waals surface area (Å²) in [6.45, 7) is 6.03. The van der Waals surface area contributed by atoms with E-state index < -0.39 is 0 Å². The molecule has 0 saturated carbocycles. The Morgan fingerprint density at radius 3 is 2.08 bits per heavy atom. The van der Waals surface area contributed by atoms with Crippen LogP contribution in [0.1, 0.15) is 62.1 Å². The van der Waals surface area contributed by atoms with E-state index in [-0.39, 0.29) is 0 Å². The molecule has 2 aromatic rings. The molecule has 0 spiro atoms. The molecule has 2 aromatic carbocycles. The normalized spacial score (nSPS) is 11.0. The van der Waals surface area contributed by atoms with E-state index in [4.69, 9.17) is 0 Å². The molecule has 0 N–H and O–H groups in total. The van der Waals surface area contributed by atoms with E-state index in [9.17, 15) is 0 Å². The van der Waals surface area contributed by atoms with E-state index in [0.717, 1.165) is 16.8 Å². The summed E-state index contributed by atoms with van der Waals surface area (Å²) in [6.07, 6.45) is 13.0. The van der Waals surface area contributed by atoms with Crippen LogP contribution in [0.15, 0.2) is 60.1 Å². The van der Waals surface area contributed by atoms with Crippen LogP contribution in [0.25, 0.3) is 6.08 Å². The molecular weight excluding hydrogens is 290 g/mol. The maximum Gasteiger partial charge on any atom is 0.0630 e. The molecule has 0 heterocycles. The lowest BCUT2D eigenvalue weighted by atomic mass is 10.0. The zero-order valence-corrected chi connectivity index (χ0v) is 14.9. The fourth-order valence-corrected chi connectivity index (χ4v) is 2.73. The van der Waals surface area contributed by atoms with E-state index in [1.807, 2.05) is 12.3 Å². The van der Waals surface area contributed by atoms with Crippen LogP contribution in [-0.2, 0) is 6.42 Å². The predicted octanol–water partition coefficient (Wildman–Crippen LogP) is 6.98. The van der Waals surface area contributed by atoms with Gasteiger partial charge >= 0.3 is 0 Å². The lowest BCUT2D eigenvalue weighted by Crippen LogP contribution is -1.86. The molecule has 0 radical (unpaired) electrons. The first-order valence-electron chi connectivity index (χ1n) is 9.17. The van der Waals surface area contributed by atoms with Gasteiger partial charge in [0, 0.05) is 6.21 Å². The van der Waals surface area contributed by atoms with Crippen LogP contribution in [0.2, 0.25) is 0 Å². The maximum absolute atomic E-state index is 4.55. The zero-order chi connectivity index (χ0) is 17.0. The van der Waals surface area contributed by atoms with Crippen molar-refractivity contribution in [3.8, 4) is 0 Å². The van der Waals surface area contributed by atoms with E-state index in [2.05, 4.69) is 67.0 Å². The summed E-state index contributed by atoms with van der Waals surface area (Å²) in [6, 6.07) is 16.9. The number of hydrogen-bond donors (Lipinski definition) is 0. The van der Waals surface area contributed by atoms with E-state index in [1.54, 1.807) is 0 Å². The Morgan fingerprint density at radius 2 is 1.42 bits per heavy atom. The third kappa shape index (κ3) is 6.54. The number of aliphatic imine (C=N–C) groups is 1. The summed E-state index contributed by atoms with van der Waals surface area (Å²) in [5, 5.41) is 0.